The molecule has 3 heteroatoms. The second-order valence-corrected chi connectivity index (χ2v) is 2.53. The first-order chi connectivity index (χ1) is 5.38. The van der Waals surface area contributed by atoms with Crippen molar-refractivity contribution < 1.29 is 14.2 Å². The molecule has 0 aliphatic carbocycles. The van der Waals surface area contributed by atoms with Crippen molar-refractivity contribution in [2.75, 3.05) is 26.4 Å². The molecule has 0 amide bonds. The Labute approximate surface area is 67.6 Å². The molecule has 2 atom stereocenters. The van der Waals surface area contributed by atoms with Crippen LogP contribution in [0.4, 0.5) is 0 Å². The van der Waals surface area contributed by atoms with Crippen molar-refractivity contribution in [1.29, 1.82) is 0 Å². The van der Waals surface area contributed by atoms with E-state index >= 15 is 0 Å². The van der Waals surface area contributed by atoms with E-state index in [0.29, 0.717) is 25.4 Å². The normalized spacial score (nSPS) is 28.9. The van der Waals surface area contributed by atoms with E-state index in [1.807, 2.05) is 13.8 Å². The van der Waals surface area contributed by atoms with Gasteiger partial charge in [0.2, 0.25) is 0 Å². The van der Waals surface area contributed by atoms with Crippen LogP contribution in [0.15, 0.2) is 0 Å². The lowest BCUT2D eigenvalue weighted by atomic mass is 10.3. The van der Waals surface area contributed by atoms with Gasteiger partial charge in [-0.3, -0.25) is 0 Å². The van der Waals surface area contributed by atoms with Crippen LogP contribution in [0, 0.1) is 0 Å². The van der Waals surface area contributed by atoms with Crippen molar-refractivity contribution in [2.45, 2.75) is 26.1 Å². The highest BCUT2D eigenvalue weighted by atomic mass is 16.6. The lowest BCUT2D eigenvalue weighted by Crippen LogP contribution is -2.09. The minimum absolute atomic E-state index is 0.293. The van der Waals surface area contributed by atoms with Crippen LogP contribution in [-0.4, -0.2) is 38.6 Å². The first kappa shape index (κ1) is 8.97. The van der Waals surface area contributed by atoms with E-state index < -0.39 is 0 Å². The van der Waals surface area contributed by atoms with Crippen molar-refractivity contribution >= 4 is 0 Å². The van der Waals surface area contributed by atoms with Gasteiger partial charge in [0, 0.05) is 13.2 Å². The molecule has 0 aromatic rings. The van der Waals surface area contributed by atoms with E-state index in [2.05, 4.69) is 0 Å². The predicted octanol–water partition coefficient (Wildman–Crippen LogP) is 0.827. The molecule has 2 unspecified atom stereocenters. The zero-order chi connectivity index (χ0) is 8.10. The minimum atomic E-state index is 0.293. The highest BCUT2D eigenvalue weighted by molar-refractivity contribution is 4.84. The van der Waals surface area contributed by atoms with Crippen LogP contribution < -0.4 is 0 Å². The maximum atomic E-state index is 5.27. The summed E-state index contributed by atoms with van der Waals surface area (Å²) in [5, 5.41) is 0. The van der Waals surface area contributed by atoms with E-state index in [4.69, 9.17) is 14.2 Å². The van der Waals surface area contributed by atoms with Crippen LogP contribution in [0.1, 0.15) is 13.8 Å². The summed E-state index contributed by atoms with van der Waals surface area (Å²) in [6.45, 7) is 6.94. The summed E-state index contributed by atoms with van der Waals surface area (Å²) in [6.07, 6.45) is 0.586. The van der Waals surface area contributed by atoms with Crippen molar-refractivity contribution in [3.05, 3.63) is 0 Å². The molecule has 1 aliphatic rings. The number of ether oxygens (including phenoxy) is 3. The molecule has 0 N–H and O–H groups in total. The van der Waals surface area contributed by atoms with Gasteiger partial charge in [0.1, 0.15) is 12.2 Å². The van der Waals surface area contributed by atoms with Crippen LogP contribution >= 0.6 is 0 Å². The Bertz CT molecular complexity index is 93.5. The number of rotatable bonds is 6. The lowest BCUT2D eigenvalue weighted by Gasteiger charge is -1.96. The molecule has 0 aromatic carbocycles. The molecule has 0 bridgehead atoms. The Morgan fingerprint density at radius 2 is 1.45 bits per heavy atom. The average molecular weight is 160 g/mol. The Morgan fingerprint density at radius 1 is 1.00 bits per heavy atom. The second kappa shape index (κ2) is 4.70. The molecule has 0 spiro atoms. The van der Waals surface area contributed by atoms with Crippen LogP contribution in [0.5, 0.6) is 0 Å². The van der Waals surface area contributed by atoms with Gasteiger partial charge in [-0.05, 0) is 13.8 Å². The summed E-state index contributed by atoms with van der Waals surface area (Å²) in [6, 6.07) is 0. The molecular weight excluding hydrogens is 144 g/mol. The summed E-state index contributed by atoms with van der Waals surface area (Å²) >= 11 is 0. The fourth-order valence-corrected chi connectivity index (χ4v) is 0.940. The third kappa shape index (κ3) is 3.18. The quantitative estimate of drug-likeness (QED) is 0.539. The second-order valence-electron chi connectivity index (χ2n) is 2.53. The first-order valence-electron chi connectivity index (χ1n) is 4.19. The summed E-state index contributed by atoms with van der Waals surface area (Å²) in [5.41, 5.74) is 0. The molecule has 1 heterocycles. The molecule has 3 nitrogen and oxygen atoms in total. The molecule has 0 aromatic heterocycles. The number of hydrogen-bond acceptors (Lipinski definition) is 3. The summed E-state index contributed by atoms with van der Waals surface area (Å²) < 4.78 is 15.6. The van der Waals surface area contributed by atoms with Crippen molar-refractivity contribution in [2.24, 2.45) is 0 Å². The highest BCUT2D eigenvalue weighted by Gasteiger charge is 2.38. The van der Waals surface area contributed by atoms with Gasteiger partial charge in [-0.1, -0.05) is 0 Å². The monoisotopic (exact) mass is 160 g/mol. The largest absolute Gasteiger partial charge is 0.379 e. The van der Waals surface area contributed by atoms with Gasteiger partial charge in [0.05, 0.1) is 13.2 Å². The Morgan fingerprint density at radius 3 is 1.82 bits per heavy atom. The first-order valence-corrected chi connectivity index (χ1v) is 4.19. The van der Waals surface area contributed by atoms with Gasteiger partial charge in [0.15, 0.2) is 0 Å². The van der Waals surface area contributed by atoms with Gasteiger partial charge in [0.25, 0.3) is 0 Å². The van der Waals surface area contributed by atoms with E-state index in [0.717, 1.165) is 13.2 Å². The molecule has 11 heavy (non-hydrogen) atoms. The van der Waals surface area contributed by atoms with Crippen molar-refractivity contribution in [3.8, 4) is 0 Å². The van der Waals surface area contributed by atoms with E-state index in [9.17, 15) is 0 Å². The smallest absolute Gasteiger partial charge is 0.110 e. The average Bonchev–Trinajstić information content (AvgIpc) is 2.76. The van der Waals surface area contributed by atoms with Gasteiger partial charge in [-0.25, -0.2) is 0 Å². The molecule has 1 rings (SSSR count). The molecule has 1 saturated heterocycles. The van der Waals surface area contributed by atoms with Gasteiger partial charge >= 0.3 is 0 Å². The minimum Gasteiger partial charge on any atom is -0.379 e. The maximum absolute atomic E-state index is 5.27. The SMILES string of the molecule is CCOCC1OC1COCC. The maximum Gasteiger partial charge on any atom is 0.110 e. The van der Waals surface area contributed by atoms with E-state index in [1.54, 1.807) is 0 Å². The third-order valence-electron chi connectivity index (χ3n) is 1.66. The molecule has 66 valence electrons. The van der Waals surface area contributed by atoms with Crippen LogP contribution in [-0.2, 0) is 14.2 Å². The Balaban J connectivity index is 1.89. The predicted molar refractivity (Wildman–Crippen MR) is 41.6 cm³/mol. The molecule has 0 radical (unpaired) electrons. The van der Waals surface area contributed by atoms with Crippen molar-refractivity contribution in [1.82, 2.24) is 0 Å². The van der Waals surface area contributed by atoms with Crippen LogP contribution in [0.2, 0.25) is 0 Å². The Kier molecular flexibility index (Phi) is 3.83. The van der Waals surface area contributed by atoms with Gasteiger partial charge in [-0.15, -0.1) is 0 Å². The van der Waals surface area contributed by atoms with Crippen LogP contribution in [0.3, 0.4) is 0 Å². The lowest BCUT2D eigenvalue weighted by molar-refractivity contribution is 0.125. The van der Waals surface area contributed by atoms with Gasteiger partial charge < -0.3 is 14.2 Å². The molecule has 1 fully saturated rings. The topological polar surface area (TPSA) is 31.0 Å². The zero-order valence-corrected chi connectivity index (χ0v) is 7.21. The van der Waals surface area contributed by atoms with E-state index in [1.165, 1.54) is 0 Å². The number of hydrogen-bond donors (Lipinski definition) is 0. The van der Waals surface area contributed by atoms with Crippen molar-refractivity contribution in [3.63, 3.8) is 0 Å². The molecule has 0 saturated carbocycles. The summed E-state index contributed by atoms with van der Waals surface area (Å²) in [7, 11) is 0. The summed E-state index contributed by atoms with van der Waals surface area (Å²) in [5.74, 6) is 0. The van der Waals surface area contributed by atoms with E-state index in [-0.39, 0.29) is 0 Å². The molecular formula is C8H16O3. The van der Waals surface area contributed by atoms with Crippen LogP contribution in [0.25, 0.3) is 0 Å². The standard InChI is InChI=1S/C8H16O3/c1-3-9-5-7-8(11-7)6-10-4-2/h7-8H,3-6H2,1-2H3. The fraction of sp³-hybridized carbons (Fsp3) is 1.00. The number of epoxide rings is 1. The highest BCUT2D eigenvalue weighted by Crippen LogP contribution is 2.22. The van der Waals surface area contributed by atoms with Gasteiger partial charge in [-0.2, -0.15) is 0 Å². The molecule has 1 aliphatic heterocycles. The Hall–Kier alpha value is -0.120. The zero-order valence-electron chi connectivity index (χ0n) is 7.21. The summed E-state index contributed by atoms with van der Waals surface area (Å²) in [4.78, 5) is 0. The fourth-order valence-electron chi connectivity index (χ4n) is 0.940. The third-order valence-corrected chi connectivity index (χ3v) is 1.66.